The van der Waals surface area contributed by atoms with Gasteiger partial charge in [0.2, 0.25) is 0 Å². The van der Waals surface area contributed by atoms with Crippen LogP contribution in [0.4, 0.5) is 0 Å². The van der Waals surface area contributed by atoms with E-state index in [1.807, 2.05) is 0 Å². The van der Waals surface area contributed by atoms with Crippen LogP contribution in [0.25, 0.3) is 0 Å². The smallest absolute Gasteiger partial charge is 0.309 e. The van der Waals surface area contributed by atoms with Gasteiger partial charge in [0.05, 0.1) is 11.8 Å². The van der Waals surface area contributed by atoms with Gasteiger partial charge < -0.3 is 20.1 Å². The molecule has 0 spiro atoms. The molecule has 0 aromatic heterocycles. The Kier molecular flexibility index (Phi) is 9.03. The summed E-state index contributed by atoms with van der Waals surface area (Å²) in [5, 5.41) is 13.8. The zero-order chi connectivity index (χ0) is 33.4. The Morgan fingerprint density at radius 2 is 1.60 bits per heavy atom. The third-order valence-electron chi connectivity index (χ3n) is 15.5. The van der Waals surface area contributed by atoms with Crippen LogP contribution in [0.5, 0.6) is 0 Å². The van der Waals surface area contributed by atoms with Gasteiger partial charge in [-0.25, -0.2) is 0 Å². The lowest BCUT2D eigenvalue weighted by molar-refractivity contribution is -0.246. The molecular weight excluding hydrogens is 560 g/mol. The number of hydrogen-bond donors (Lipinski definition) is 2. The lowest BCUT2D eigenvalue weighted by Gasteiger charge is -2.73. The standard InChI is InChI=1S/C39H66N2O4/c1-25(2)26-14-19-39(40-22-23-41(10)11)21-20-37(8)27(32(26)39)12-13-29-36(7)17-16-30(45-31(42)24-34(3,4)33(43)44)35(5,6)28(36)15-18-38(29,37)9/h26-30,32,40H,1,12-24H2,2-11H3,(H,43,44)/t26-,27+,28-,29+,30-,32+,36-,37+,38+,39-/m0/s1. The Labute approximate surface area is 274 Å². The molecule has 5 rings (SSSR count). The third kappa shape index (κ3) is 5.44. The number of carbonyl (C=O) groups excluding carboxylic acids is 1. The van der Waals surface area contributed by atoms with Crippen molar-refractivity contribution in [2.75, 3.05) is 27.2 Å². The quantitative estimate of drug-likeness (QED) is 0.200. The van der Waals surface area contributed by atoms with E-state index in [9.17, 15) is 14.7 Å². The molecule has 0 amide bonds. The predicted octanol–water partition coefficient (Wildman–Crippen LogP) is 7.96. The van der Waals surface area contributed by atoms with Gasteiger partial charge in [-0.3, -0.25) is 9.59 Å². The number of rotatable bonds is 9. The summed E-state index contributed by atoms with van der Waals surface area (Å²) in [6.07, 6.45) is 11.9. The summed E-state index contributed by atoms with van der Waals surface area (Å²) in [7, 11) is 4.36. The number of nitrogens with one attached hydrogen (secondary N) is 1. The van der Waals surface area contributed by atoms with E-state index in [0.29, 0.717) is 35.0 Å². The molecule has 10 atom stereocenters. The lowest BCUT2D eigenvalue weighted by atomic mass is 9.32. The summed E-state index contributed by atoms with van der Waals surface area (Å²) >= 11 is 0. The Hall–Kier alpha value is -1.40. The Bertz CT molecular complexity index is 1180. The van der Waals surface area contributed by atoms with E-state index >= 15 is 0 Å². The first-order valence-electron chi connectivity index (χ1n) is 18.2. The van der Waals surface area contributed by atoms with Crippen LogP contribution >= 0.6 is 0 Å². The highest BCUT2D eigenvalue weighted by atomic mass is 16.5. The Morgan fingerprint density at radius 3 is 2.22 bits per heavy atom. The van der Waals surface area contributed by atoms with Gasteiger partial charge in [0.25, 0.3) is 0 Å². The van der Waals surface area contributed by atoms with E-state index in [0.717, 1.165) is 25.9 Å². The molecule has 5 fully saturated rings. The molecule has 6 heteroatoms. The van der Waals surface area contributed by atoms with Crippen LogP contribution < -0.4 is 5.32 Å². The van der Waals surface area contributed by atoms with Crippen molar-refractivity contribution >= 4 is 11.9 Å². The fraction of sp³-hybridized carbons (Fsp3) is 0.897. The summed E-state index contributed by atoms with van der Waals surface area (Å²) in [5.74, 6) is 1.81. The predicted molar refractivity (Wildman–Crippen MR) is 182 cm³/mol. The number of carbonyl (C=O) groups is 2. The minimum Gasteiger partial charge on any atom is -0.481 e. The van der Waals surface area contributed by atoms with E-state index in [2.05, 4.69) is 72.4 Å². The van der Waals surface area contributed by atoms with Gasteiger partial charge in [-0.1, -0.05) is 46.8 Å². The lowest BCUT2D eigenvalue weighted by Crippen LogP contribution is -2.69. The minimum atomic E-state index is -1.12. The van der Waals surface area contributed by atoms with Gasteiger partial charge in [0, 0.05) is 24.0 Å². The maximum atomic E-state index is 13.0. The molecule has 0 unspecified atom stereocenters. The zero-order valence-electron chi connectivity index (χ0n) is 30.5. The maximum absolute atomic E-state index is 13.0. The molecule has 256 valence electrons. The van der Waals surface area contributed by atoms with Crippen LogP contribution in [-0.2, 0) is 14.3 Å². The van der Waals surface area contributed by atoms with Crippen LogP contribution in [0.1, 0.15) is 126 Å². The normalized spacial score (nSPS) is 43.9. The van der Waals surface area contributed by atoms with E-state index in [1.54, 1.807) is 13.8 Å². The molecule has 0 saturated heterocycles. The number of fused-ring (bicyclic) bond motifs is 7. The molecule has 0 aromatic carbocycles. The first kappa shape index (κ1) is 34.9. The number of hydrogen-bond acceptors (Lipinski definition) is 5. The largest absolute Gasteiger partial charge is 0.481 e. The molecule has 0 aliphatic heterocycles. The van der Waals surface area contributed by atoms with Crippen molar-refractivity contribution in [2.45, 2.75) is 138 Å². The van der Waals surface area contributed by atoms with Crippen molar-refractivity contribution in [1.29, 1.82) is 0 Å². The molecule has 0 bridgehead atoms. The molecule has 2 N–H and O–H groups in total. The van der Waals surface area contributed by atoms with Crippen LogP contribution in [-0.4, -0.2) is 60.8 Å². The van der Waals surface area contributed by atoms with Crippen LogP contribution in [0, 0.1) is 56.7 Å². The SMILES string of the molecule is C=C(C)[C@@H]1CC[C@]2(NCCN(C)C)CC[C@]3(C)[C@H](CC[C@@H]4[C@@]5(C)CC[C@H](OC(=O)CC(C)(C)C(=O)O)C(C)(C)[C@@H]5CC[C@]43C)[C@@H]12. The zero-order valence-corrected chi connectivity index (χ0v) is 30.5. The van der Waals surface area contributed by atoms with Gasteiger partial charge in [-0.2, -0.15) is 0 Å². The summed E-state index contributed by atoms with van der Waals surface area (Å²) in [5.41, 5.74) is 1.16. The van der Waals surface area contributed by atoms with Crippen molar-refractivity contribution in [3.63, 3.8) is 0 Å². The van der Waals surface area contributed by atoms with E-state index in [4.69, 9.17) is 4.74 Å². The van der Waals surface area contributed by atoms with Gasteiger partial charge in [0.1, 0.15) is 6.10 Å². The fourth-order valence-corrected chi connectivity index (χ4v) is 12.8. The van der Waals surface area contributed by atoms with Crippen molar-refractivity contribution in [3.8, 4) is 0 Å². The first-order valence-corrected chi connectivity index (χ1v) is 18.2. The number of esters is 1. The van der Waals surface area contributed by atoms with Crippen LogP contribution in [0.15, 0.2) is 12.2 Å². The second-order valence-electron chi connectivity index (χ2n) is 18.8. The molecule has 5 aliphatic rings. The monoisotopic (exact) mass is 627 g/mol. The Morgan fingerprint density at radius 1 is 0.911 bits per heavy atom. The number of carboxylic acid groups (broad SMARTS) is 1. The average Bonchev–Trinajstić information content (AvgIpc) is 3.30. The highest BCUT2D eigenvalue weighted by Gasteiger charge is 2.71. The van der Waals surface area contributed by atoms with Gasteiger partial charge in [-0.05, 0) is 145 Å². The second-order valence-corrected chi connectivity index (χ2v) is 18.8. The minimum absolute atomic E-state index is 0.0882. The molecule has 6 nitrogen and oxygen atoms in total. The number of ether oxygens (including phenoxy) is 1. The summed E-state index contributed by atoms with van der Waals surface area (Å²) < 4.78 is 6.17. The van der Waals surface area contributed by atoms with Crippen molar-refractivity contribution in [1.82, 2.24) is 10.2 Å². The highest BCUT2D eigenvalue weighted by Crippen LogP contribution is 2.76. The van der Waals surface area contributed by atoms with Gasteiger partial charge >= 0.3 is 11.9 Å². The number of likely N-dealkylation sites (N-methyl/N-ethyl adjacent to an activating group) is 1. The summed E-state index contributed by atoms with van der Waals surface area (Å²) in [6, 6.07) is 0. The number of aliphatic carboxylic acids is 1. The Balaban J connectivity index is 1.40. The van der Waals surface area contributed by atoms with Crippen molar-refractivity contribution in [3.05, 3.63) is 12.2 Å². The summed E-state index contributed by atoms with van der Waals surface area (Å²) in [4.78, 5) is 27.0. The summed E-state index contributed by atoms with van der Waals surface area (Å²) in [6.45, 7) is 24.9. The molecule has 0 heterocycles. The molecule has 0 radical (unpaired) electrons. The van der Waals surface area contributed by atoms with Crippen molar-refractivity contribution < 1.29 is 19.4 Å². The number of allylic oxidation sites excluding steroid dienone is 1. The third-order valence-corrected chi connectivity index (χ3v) is 15.5. The topological polar surface area (TPSA) is 78.9 Å². The average molecular weight is 627 g/mol. The van der Waals surface area contributed by atoms with Crippen molar-refractivity contribution in [2.24, 2.45) is 56.7 Å². The second kappa shape index (κ2) is 11.6. The highest BCUT2D eigenvalue weighted by molar-refractivity contribution is 5.81. The van der Waals surface area contributed by atoms with E-state index in [1.165, 1.54) is 56.9 Å². The molecular formula is C39H66N2O4. The molecule has 0 aromatic rings. The van der Waals surface area contributed by atoms with Gasteiger partial charge in [-0.15, -0.1) is 0 Å². The molecule has 5 saturated carbocycles. The number of nitrogens with zero attached hydrogens (tertiary/aromatic N) is 1. The molecule has 45 heavy (non-hydrogen) atoms. The van der Waals surface area contributed by atoms with E-state index in [-0.39, 0.29) is 40.3 Å². The molecule has 5 aliphatic carbocycles. The number of carboxylic acids is 1. The van der Waals surface area contributed by atoms with Gasteiger partial charge in [0.15, 0.2) is 0 Å². The first-order chi connectivity index (χ1) is 20.7. The maximum Gasteiger partial charge on any atom is 0.309 e. The van der Waals surface area contributed by atoms with E-state index < -0.39 is 11.4 Å². The fourth-order valence-electron chi connectivity index (χ4n) is 12.8. The van der Waals surface area contributed by atoms with Crippen LogP contribution in [0.2, 0.25) is 0 Å². The van der Waals surface area contributed by atoms with Crippen LogP contribution in [0.3, 0.4) is 0 Å².